The van der Waals surface area contributed by atoms with Gasteiger partial charge in [0, 0.05) is 33.4 Å². The van der Waals surface area contributed by atoms with E-state index in [4.69, 9.17) is 9.47 Å². The van der Waals surface area contributed by atoms with Crippen LogP contribution in [0.25, 0.3) is 0 Å². The second-order valence-corrected chi connectivity index (χ2v) is 4.74. The summed E-state index contributed by atoms with van der Waals surface area (Å²) in [5.41, 5.74) is 0. The highest BCUT2D eigenvalue weighted by Crippen LogP contribution is 2.10. The van der Waals surface area contributed by atoms with E-state index in [0.717, 1.165) is 26.1 Å². The quantitative estimate of drug-likeness (QED) is 0.661. The number of nitrogens with one attached hydrogen (secondary N) is 1. The second-order valence-electron chi connectivity index (χ2n) is 4.74. The van der Waals surface area contributed by atoms with Gasteiger partial charge in [0.05, 0.1) is 0 Å². The monoisotopic (exact) mass is 298 g/mol. The number of methoxy groups -OCH3 is 1. The number of carbonyl (C=O) groups is 1. The minimum atomic E-state index is -0.330. The van der Waals surface area contributed by atoms with Gasteiger partial charge in [-0.1, -0.05) is 0 Å². The van der Waals surface area contributed by atoms with Crippen molar-refractivity contribution in [1.82, 2.24) is 10.2 Å². The van der Waals surface area contributed by atoms with Crippen molar-refractivity contribution in [1.29, 1.82) is 0 Å². The highest BCUT2D eigenvalue weighted by atomic mass is 19.1. The number of halogens is 1. The highest BCUT2D eigenvalue weighted by Gasteiger charge is 2.04. The summed E-state index contributed by atoms with van der Waals surface area (Å²) in [6.07, 6.45) is 0.967. The molecule has 118 valence electrons. The molecule has 0 bridgehead atoms. The molecule has 0 fully saturated rings. The molecule has 0 heterocycles. The fourth-order valence-electron chi connectivity index (χ4n) is 1.71. The average molecular weight is 298 g/mol. The van der Waals surface area contributed by atoms with Crippen LogP contribution in [0.15, 0.2) is 24.3 Å². The molecule has 0 radical (unpaired) electrons. The van der Waals surface area contributed by atoms with Gasteiger partial charge < -0.3 is 19.7 Å². The van der Waals surface area contributed by atoms with Crippen LogP contribution in [-0.4, -0.2) is 57.8 Å². The van der Waals surface area contributed by atoms with E-state index in [2.05, 4.69) is 10.2 Å². The Morgan fingerprint density at radius 2 is 2.00 bits per heavy atom. The molecule has 0 saturated heterocycles. The van der Waals surface area contributed by atoms with Crippen molar-refractivity contribution in [3.8, 4) is 5.75 Å². The SMILES string of the molecule is COCCCN(C)CCNC(=O)COc1ccc(F)cc1. The smallest absolute Gasteiger partial charge is 0.257 e. The first-order valence-electron chi connectivity index (χ1n) is 6.94. The van der Waals surface area contributed by atoms with Gasteiger partial charge in [0.2, 0.25) is 0 Å². The molecule has 1 N–H and O–H groups in total. The Morgan fingerprint density at radius 1 is 1.29 bits per heavy atom. The van der Waals surface area contributed by atoms with Crippen LogP contribution in [0.3, 0.4) is 0 Å². The molecule has 0 atom stereocenters. The Hall–Kier alpha value is -1.66. The van der Waals surface area contributed by atoms with Crippen molar-refractivity contribution >= 4 is 5.91 Å². The summed E-state index contributed by atoms with van der Waals surface area (Å²) < 4.78 is 22.9. The van der Waals surface area contributed by atoms with Gasteiger partial charge in [0.1, 0.15) is 11.6 Å². The molecule has 0 aliphatic rings. The summed E-state index contributed by atoms with van der Waals surface area (Å²) in [5, 5.41) is 2.77. The van der Waals surface area contributed by atoms with E-state index in [1.807, 2.05) is 7.05 Å². The molecule has 0 aromatic heterocycles. The Morgan fingerprint density at radius 3 is 2.67 bits per heavy atom. The van der Waals surface area contributed by atoms with Crippen molar-refractivity contribution in [2.75, 3.05) is 47.0 Å². The van der Waals surface area contributed by atoms with Crippen molar-refractivity contribution in [3.05, 3.63) is 30.1 Å². The number of benzene rings is 1. The largest absolute Gasteiger partial charge is 0.484 e. The predicted octanol–water partition coefficient (Wildman–Crippen LogP) is 1.29. The summed E-state index contributed by atoms with van der Waals surface area (Å²) in [4.78, 5) is 13.7. The van der Waals surface area contributed by atoms with Crippen LogP contribution in [0, 0.1) is 5.82 Å². The zero-order chi connectivity index (χ0) is 15.5. The third-order valence-electron chi connectivity index (χ3n) is 2.89. The van der Waals surface area contributed by atoms with Crippen LogP contribution in [-0.2, 0) is 9.53 Å². The van der Waals surface area contributed by atoms with Crippen molar-refractivity contribution in [2.45, 2.75) is 6.42 Å². The van der Waals surface area contributed by atoms with Gasteiger partial charge in [-0.25, -0.2) is 4.39 Å². The van der Waals surface area contributed by atoms with E-state index in [-0.39, 0.29) is 18.3 Å². The highest BCUT2D eigenvalue weighted by molar-refractivity contribution is 5.77. The van der Waals surface area contributed by atoms with E-state index < -0.39 is 0 Å². The van der Waals surface area contributed by atoms with Crippen LogP contribution < -0.4 is 10.1 Å². The molecule has 0 saturated carbocycles. The van der Waals surface area contributed by atoms with Gasteiger partial charge in [-0.2, -0.15) is 0 Å². The summed E-state index contributed by atoms with van der Waals surface area (Å²) >= 11 is 0. The van der Waals surface area contributed by atoms with Gasteiger partial charge >= 0.3 is 0 Å². The maximum Gasteiger partial charge on any atom is 0.257 e. The zero-order valence-corrected chi connectivity index (χ0v) is 12.6. The Labute approximate surface area is 125 Å². The minimum Gasteiger partial charge on any atom is -0.484 e. The van der Waals surface area contributed by atoms with E-state index in [1.54, 1.807) is 7.11 Å². The first kappa shape index (κ1) is 17.4. The zero-order valence-electron chi connectivity index (χ0n) is 12.6. The third-order valence-corrected chi connectivity index (χ3v) is 2.89. The number of carbonyl (C=O) groups excluding carboxylic acids is 1. The summed E-state index contributed by atoms with van der Waals surface area (Å²) in [5.74, 6) is -0.0452. The fraction of sp³-hybridized carbons (Fsp3) is 0.533. The molecule has 0 spiro atoms. The number of ether oxygens (including phenoxy) is 2. The lowest BCUT2D eigenvalue weighted by atomic mass is 10.3. The van der Waals surface area contributed by atoms with Gasteiger partial charge in [-0.05, 0) is 37.7 Å². The molecule has 21 heavy (non-hydrogen) atoms. The number of nitrogens with zero attached hydrogens (tertiary/aromatic N) is 1. The van der Waals surface area contributed by atoms with Crippen molar-refractivity contribution in [2.24, 2.45) is 0 Å². The fourth-order valence-corrected chi connectivity index (χ4v) is 1.71. The van der Waals surface area contributed by atoms with Crippen molar-refractivity contribution in [3.63, 3.8) is 0 Å². The molecule has 0 aliphatic carbocycles. The number of amides is 1. The van der Waals surface area contributed by atoms with Crippen LogP contribution in [0.5, 0.6) is 5.75 Å². The van der Waals surface area contributed by atoms with E-state index >= 15 is 0 Å². The minimum absolute atomic E-state index is 0.0704. The van der Waals surface area contributed by atoms with Crippen LogP contribution in [0.2, 0.25) is 0 Å². The molecule has 1 aromatic rings. The molecule has 0 aliphatic heterocycles. The lowest BCUT2D eigenvalue weighted by Gasteiger charge is -2.16. The molecule has 1 rings (SSSR count). The third kappa shape index (κ3) is 8.27. The predicted molar refractivity (Wildman–Crippen MR) is 78.9 cm³/mol. The summed E-state index contributed by atoms with van der Waals surface area (Å²) in [6, 6.07) is 5.57. The lowest BCUT2D eigenvalue weighted by molar-refractivity contribution is -0.123. The molecular weight excluding hydrogens is 275 g/mol. The number of hydrogen-bond acceptors (Lipinski definition) is 4. The number of likely N-dealkylation sites (N-methyl/N-ethyl adjacent to an activating group) is 1. The van der Waals surface area contributed by atoms with E-state index in [1.165, 1.54) is 24.3 Å². The summed E-state index contributed by atoms with van der Waals surface area (Å²) in [7, 11) is 3.68. The van der Waals surface area contributed by atoms with E-state index in [0.29, 0.717) is 12.3 Å². The first-order valence-corrected chi connectivity index (χ1v) is 6.94. The topological polar surface area (TPSA) is 50.8 Å². The Balaban J connectivity index is 2.09. The Bertz CT molecular complexity index is 412. The van der Waals surface area contributed by atoms with Gasteiger partial charge in [-0.15, -0.1) is 0 Å². The normalized spacial score (nSPS) is 10.7. The van der Waals surface area contributed by atoms with E-state index in [9.17, 15) is 9.18 Å². The number of hydrogen-bond donors (Lipinski definition) is 1. The molecule has 0 unspecified atom stereocenters. The lowest BCUT2D eigenvalue weighted by Crippen LogP contribution is -2.36. The standard InChI is InChI=1S/C15H23FN2O3/c1-18(9-3-11-20-2)10-8-17-15(19)12-21-14-6-4-13(16)5-7-14/h4-7H,3,8-12H2,1-2H3,(H,17,19). The molecule has 6 heteroatoms. The maximum absolute atomic E-state index is 12.7. The van der Waals surface area contributed by atoms with Crippen LogP contribution in [0.1, 0.15) is 6.42 Å². The molecule has 5 nitrogen and oxygen atoms in total. The van der Waals surface area contributed by atoms with Crippen LogP contribution >= 0.6 is 0 Å². The summed E-state index contributed by atoms with van der Waals surface area (Å²) in [6.45, 7) is 2.93. The maximum atomic E-state index is 12.7. The second kappa shape index (κ2) is 10.1. The van der Waals surface area contributed by atoms with Gasteiger partial charge in [0.15, 0.2) is 6.61 Å². The van der Waals surface area contributed by atoms with Gasteiger partial charge in [-0.3, -0.25) is 4.79 Å². The Kier molecular flexibility index (Phi) is 8.38. The van der Waals surface area contributed by atoms with Crippen molar-refractivity contribution < 1.29 is 18.7 Å². The first-order chi connectivity index (χ1) is 10.1. The van der Waals surface area contributed by atoms with Gasteiger partial charge in [0.25, 0.3) is 5.91 Å². The average Bonchev–Trinajstić information content (AvgIpc) is 2.47. The number of rotatable bonds is 10. The van der Waals surface area contributed by atoms with Crippen LogP contribution in [0.4, 0.5) is 4.39 Å². The molecular formula is C15H23FN2O3. The molecule has 1 aromatic carbocycles. The molecule has 1 amide bonds.